The molecule has 0 aromatic carbocycles. The van der Waals surface area contributed by atoms with Crippen molar-refractivity contribution in [2.24, 2.45) is 0 Å². The molecule has 0 radical (unpaired) electrons. The predicted octanol–water partition coefficient (Wildman–Crippen LogP) is 2.48. The SMILES string of the molecule is Cc1c2c(nn1C1COC1)OCC(F)C(C)Nc1nc(ncc1Cl)N2. The summed E-state index contributed by atoms with van der Waals surface area (Å²) in [5.74, 6) is 1.02. The number of nitrogens with zero attached hydrogens (tertiary/aromatic N) is 4. The first-order chi connectivity index (χ1) is 12.0. The minimum Gasteiger partial charge on any atom is -0.472 e. The number of hydrogen-bond donors (Lipinski definition) is 2. The van der Waals surface area contributed by atoms with Crippen LogP contribution in [-0.2, 0) is 4.74 Å². The maximum atomic E-state index is 14.4. The third-order valence-electron chi connectivity index (χ3n) is 4.35. The van der Waals surface area contributed by atoms with Gasteiger partial charge in [0.05, 0.1) is 37.2 Å². The molecule has 25 heavy (non-hydrogen) atoms. The van der Waals surface area contributed by atoms with Gasteiger partial charge in [0, 0.05) is 0 Å². The standard InChI is InChI=1S/C15H18ClFN6O2/c1-7-11(17)6-25-14-12(8(2)23(22-14)9-4-24-5-9)20-15-18-3-10(16)13(19-7)21-15/h3,7,9,11H,4-6H2,1-2H3,(H2,18,19,20,21). The van der Waals surface area contributed by atoms with Crippen molar-refractivity contribution in [3.63, 3.8) is 0 Å². The van der Waals surface area contributed by atoms with E-state index in [1.54, 1.807) is 6.92 Å². The Morgan fingerprint density at radius 1 is 1.36 bits per heavy atom. The van der Waals surface area contributed by atoms with Gasteiger partial charge in [-0.2, -0.15) is 4.98 Å². The van der Waals surface area contributed by atoms with Crippen molar-refractivity contribution in [2.75, 3.05) is 30.5 Å². The lowest BCUT2D eigenvalue weighted by Gasteiger charge is -2.27. The van der Waals surface area contributed by atoms with Crippen molar-refractivity contribution >= 4 is 29.1 Å². The smallest absolute Gasteiger partial charge is 0.257 e. The molecule has 2 aliphatic rings. The number of nitrogens with one attached hydrogen (secondary N) is 2. The fourth-order valence-corrected chi connectivity index (χ4v) is 2.85. The van der Waals surface area contributed by atoms with E-state index < -0.39 is 12.2 Å². The zero-order valence-electron chi connectivity index (χ0n) is 13.8. The average molecular weight is 369 g/mol. The van der Waals surface area contributed by atoms with Gasteiger partial charge in [-0.15, -0.1) is 5.10 Å². The minimum atomic E-state index is -1.27. The highest BCUT2D eigenvalue weighted by Gasteiger charge is 2.29. The summed E-state index contributed by atoms with van der Waals surface area (Å²) in [5, 5.41) is 10.9. The summed E-state index contributed by atoms with van der Waals surface area (Å²) in [6, 6.07) is -0.390. The summed E-state index contributed by atoms with van der Waals surface area (Å²) in [4.78, 5) is 8.52. The lowest BCUT2D eigenvalue weighted by molar-refractivity contribution is -0.0299. The highest BCUT2D eigenvalue weighted by atomic mass is 35.5. The van der Waals surface area contributed by atoms with Crippen LogP contribution in [0.25, 0.3) is 0 Å². The molecule has 2 aromatic heterocycles. The summed E-state index contributed by atoms with van der Waals surface area (Å²) < 4.78 is 27.2. The Morgan fingerprint density at radius 2 is 2.16 bits per heavy atom. The summed E-state index contributed by atoms with van der Waals surface area (Å²) in [6.45, 7) is 4.66. The molecule has 1 saturated heterocycles. The van der Waals surface area contributed by atoms with E-state index in [9.17, 15) is 4.39 Å². The van der Waals surface area contributed by atoms with E-state index in [1.165, 1.54) is 6.20 Å². The molecule has 134 valence electrons. The van der Waals surface area contributed by atoms with Gasteiger partial charge in [-0.05, 0) is 13.8 Å². The van der Waals surface area contributed by atoms with Crippen LogP contribution in [0, 0.1) is 6.92 Å². The van der Waals surface area contributed by atoms with E-state index in [1.807, 2.05) is 11.6 Å². The largest absolute Gasteiger partial charge is 0.472 e. The van der Waals surface area contributed by atoms with Gasteiger partial charge in [-0.1, -0.05) is 11.6 Å². The van der Waals surface area contributed by atoms with Crippen LogP contribution in [0.4, 0.5) is 21.8 Å². The highest BCUT2D eigenvalue weighted by molar-refractivity contribution is 6.32. The number of fused-ring (bicyclic) bond motifs is 3. The number of halogens is 2. The first-order valence-electron chi connectivity index (χ1n) is 8.02. The Hall–Kier alpha value is -2.13. The van der Waals surface area contributed by atoms with Crippen molar-refractivity contribution in [1.29, 1.82) is 0 Å². The molecule has 8 nitrogen and oxygen atoms in total. The van der Waals surface area contributed by atoms with Gasteiger partial charge < -0.3 is 20.1 Å². The van der Waals surface area contributed by atoms with Gasteiger partial charge in [-0.25, -0.2) is 9.37 Å². The summed E-state index contributed by atoms with van der Waals surface area (Å²) in [5.41, 5.74) is 1.46. The third kappa shape index (κ3) is 2.98. The maximum Gasteiger partial charge on any atom is 0.257 e. The average Bonchev–Trinajstić information content (AvgIpc) is 2.82. The number of anilines is 3. The Bertz CT molecular complexity index is 797. The second-order valence-electron chi connectivity index (χ2n) is 6.18. The third-order valence-corrected chi connectivity index (χ3v) is 4.63. The zero-order valence-corrected chi connectivity index (χ0v) is 14.5. The zero-order chi connectivity index (χ0) is 17.6. The Morgan fingerprint density at radius 3 is 2.88 bits per heavy atom. The number of ether oxygens (including phenoxy) is 2. The molecule has 10 heteroatoms. The lowest BCUT2D eigenvalue weighted by atomic mass is 10.2. The van der Waals surface area contributed by atoms with Crippen molar-refractivity contribution in [1.82, 2.24) is 19.7 Å². The van der Waals surface area contributed by atoms with Crippen molar-refractivity contribution in [3.8, 4) is 5.88 Å². The molecule has 4 heterocycles. The molecule has 2 aromatic rings. The second kappa shape index (κ2) is 6.30. The van der Waals surface area contributed by atoms with Crippen LogP contribution < -0.4 is 15.4 Å². The molecule has 2 unspecified atom stereocenters. The molecule has 0 saturated carbocycles. The molecule has 0 spiro atoms. The molecule has 2 atom stereocenters. The minimum absolute atomic E-state index is 0.137. The lowest BCUT2D eigenvalue weighted by Crippen LogP contribution is -2.33. The Balaban J connectivity index is 1.76. The van der Waals surface area contributed by atoms with E-state index >= 15 is 0 Å². The number of hydrogen-bond acceptors (Lipinski definition) is 7. The van der Waals surface area contributed by atoms with Crippen LogP contribution in [0.2, 0.25) is 5.02 Å². The number of rotatable bonds is 1. The molecule has 2 aliphatic heterocycles. The van der Waals surface area contributed by atoms with Crippen molar-refractivity contribution < 1.29 is 13.9 Å². The number of aromatic nitrogens is 4. The number of alkyl halides is 1. The van der Waals surface area contributed by atoms with E-state index in [-0.39, 0.29) is 12.6 Å². The molecule has 2 N–H and O–H groups in total. The van der Waals surface area contributed by atoms with Crippen LogP contribution in [0.3, 0.4) is 0 Å². The van der Waals surface area contributed by atoms with Gasteiger partial charge in [0.2, 0.25) is 5.95 Å². The van der Waals surface area contributed by atoms with Crippen molar-refractivity contribution in [3.05, 3.63) is 16.9 Å². The Labute approximate surface area is 148 Å². The molecular formula is C15H18ClFN6O2. The van der Waals surface area contributed by atoms with E-state index in [2.05, 4.69) is 25.7 Å². The molecular weight excluding hydrogens is 351 g/mol. The fourth-order valence-electron chi connectivity index (χ4n) is 2.71. The van der Waals surface area contributed by atoms with Gasteiger partial charge in [0.1, 0.15) is 17.3 Å². The molecule has 2 bridgehead atoms. The van der Waals surface area contributed by atoms with Crippen molar-refractivity contribution in [2.45, 2.75) is 32.1 Å². The maximum absolute atomic E-state index is 14.4. The van der Waals surface area contributed by atoms with Gasteiger partial charge in [0.25, 0.3) is 5.88 Å². The van der Waals surface area contributed by atoms with Crippen LogP contribution in [0.1, 0.15) is 18.7 Å². The molecule has 0 aliphatic carbocycles. The molecule has 4 rings (SSSR count). The molecule has 0 amide bonds. The first kappa shape index (κ1) is 16.3. The van der Waals surface area contributed by atoms with Gasteiger partial charge in [0.15, 0.2) is 12.0 Å². The highest BCUT2D eigenvalue weighted by Crippen LogP contribution is 2.34. The predicted molar refractivity (Wildman–Crippen MR) is 90.6 cm³/mol. The van der Waals surface area contributed by atoms with Crippen LogP contribution >= 0.6 is 11.6 Å². The summed E-state index contributed by atoms with van der Waals surface area (Å²) >= 11 is 6.11. The Kier molecular flexibility index (Phi) is 4.12. The van der Waals surface area contributed by atoms with E-state index in [4.69, 9.17) is 21.1 Å². The summed E-state index contributed by atoms with van der Waals surface area (Å²) in [6.07, 6.45) is 0.204. The van der Waals surface area contributed by atoms with Gasteiger partial charge >= 0.3 is 0 Å². The van der Waals surface area contributed by atoms with Crippen LogP contribution in [0.15, 0.2) is 6.20 Å². The van der Waals surface area contributed by atoms with Crippen LogP contribution in [0.5, 0.6) is 5.88 Å². The monoisotopic (exact) mass is 368 g/mol. The normalized spacial score (nSPS) is 23.4. The molecule has 1 fully saturated rings. The quantitative estimate of drug-likeness (QED) is 0.799. The summed E-state index contributed by atoms with van der Waals surface area (Å²) in [7, 11) is 0. The topological polar surface area (TPSA) is 86.1 Å². The van der Waals surface area contributed by atoms with E-state index in [0.29, 0.717) is 41.6 Å². The van der Waals surface area contributed by atoms with E-state index in [0.717, 1.165) is 5.69 Å². The fraction of sp³-hybridized carbons (Fsp3) is 0.533. The van der Waals surface area contributed by atoms with Crippen LogP contribution in [-0.4, -0.2) is 51.8 Å². The van der Waals surface area contributed by atoms with Gasteiger partial charge in [-0.3, -0.25) is 4.68 Å². The second-order valence-corrected chi connectivity index (χ2v) is 6.58. The first-order valence-corrected chi connectivity index (χ1v) is 8.40.